The molecular formula is C26H24O9. The van der Waals surface area contributed by atoms with E-state index >= 15 is 0 Å². The van der Waals surface area contributed by atoms with Crippen LogP contribution in [0.4, 0.5) is 0 Å². The van der Waals surface area contributed by atoms with Crippen LogP contribution in [0.1, 0.15) is 23.6 Å². The molecule has 0 heterocycles. The molecule has 3 N–H and O–H groups in total. The summed E-state index contributed by atoms with van der Waals surface area (Å²) in [7, 11) is 0. The van der Waals surface area contributed by atoms with E-state index in [2.05, 4.69) is 0 Å². The van der Waals surface area contributed by atoms with Crippen LogP contribution < -0.4 is 14.2 Å². The van der Waals surface area contributed by atoms with Crippen LogP contribution >= 0.6 is 0 Å². The second-order valence-electron chi connectivity index (χ2n) is 7.75. The van der Waals surface area contributed by atoms with Gasteiger partial charge in [0.05, 0.1) is 0 Å². The molecular weight excluding hydrogens is 456 g/mol. The van der Waals surface area contributed by atoms with Gasteiger partial charge in [-0.1, -0.05) is 36.4 Å². The molecule has 9 nitrogen and oxygen atoms in total. The Labute approximate surface area is 201 Å². The van der Waals surface area contributed by atoms with Crippen molar-refractivity contribution >= 4 is 17.9 Å². The third-order valence-electron chi connectivity index (χ3n) is 5.38. The molecule has 3 aromatic carbocycles. The molecule has 0 aliphatic rings. The van der Waals surface area contributed by atoms with Gasteiger partial charge in [0.15, 0.2) is 19.8 Å². The Morgan fingerprint density at radius 2 is 0.771 bits per heavy atom. The number of hydrogen-bond donors (Lipinski definition) is 3. The van der Waals surface area contributed by atoms with Gasteiger partial charge in [0.25, 0.3) is 0 Å². The minimum absolute atomic E-state index is 0.410. The average Bonchev–Trinajstić information content (AvgIpc) is 2.85. The van der Waals surface area contributed by atoms with Gasteiger partial charge < -0.3 is 29.5 Å². The lowest BCUT2D eigenvalue weighted by molar-refractivity contribution is -0.140. The van der Waals surface area contributed by atoms with E-state index in [1.807, 2.05) is 43.3 Å². The maximum absolute atomic E-state index is 10.8. The second-order valence-corrected chi connectivity index (χ2v) is 7.75. The Bertz CT molecular complexity index is 1020. The normalized spacial score (nSPS) is 10.9. The van der Waals surface area contributed by atoms with Gasteiger partial charge in [0.1, 0.15) is 17.2 Å². The summed E-state index contributed by atoms with van der Waals surface area (Å²) in [5.41, 5.74) is 1.93. The standard InChI is InChI=1S/C26H24O9/c1-26(17-2-8-20(9-3-17)33-14-23(27)28,18-4-10-21(11-5-18)34-15-24(29)30)19-6-12-22(13-7-19)35-16-25(31)32/h2-13H,14-16H2,1H3,(H,27,28)(H,29,30)(H,31,32). The van der Waals surface area contributed by atoms with Crippen molar-refractivity contribution in [3.8, 4) is 17.2 Å². The maximum Gasteiger partial charge on any atom is 0.341 e. The number of carboxylic acids is 3. The lowest BCUT2D eigenvalue weighted by atomic mass is 9.71. The largest absolute Gasteiger partial charge is 0.482 e. The van der Waals surface area contributed by atoms with Crippen LogP contribution in [0.25, 0.3) is 0 Å². The molecule has 182 valence electrons. The van der Waals surface area contributed by atoms with Gasteiger partial charge in [0, 0.05) is 5.41 Å². The number of benzene rings is 3. The van der Waals surface area contributed by atoms with Gasteiger partial charge in [-0.2, -0.15) is 0 Å². The predicted octanol–water partition coefficient (Wildman–Crippen LogP) is 3.43. The van der Waals surface area contributed by atoms with Crippen molar-refractivity contribution < 1.29 is 43.9 Å². The summed E-state index contributed by atoms with van der Waals surface area (Å²) in [4.78, 5) is 32.3. The van der Waals surface area contributed by atoms with E-state index in [0.29, 0.717) is 17.2 Å². The highest BCUT2D eigenvalue weighted by Gasteiger charge is 2.31. The summed E-state index contributed by atoms with van der Waals surface area (Å²) >= 11 is 0. The van der Waals surface area contributed by atoms with E-state index in [0.717, 1.165) is 16.7 Å². The Morgan fingerprint density at radius 3 is 0.971 bits per heavy atom. The zero-order chi connectivity index (χ0) is 25.4. The molecule has 0 aliphatic carbocycles. The fraction of sp³-hybridized carbons (Fsp3) is 0.192. The maximum atomic E-state index is 10.8. The third-order valence-corrected chi connectivity index (χ3v) is 5.38. The van der Waals surface area contributed by atoms with Crippen LogP contribution in [0.2, 0.25) is 0 Å². The van der Waals surface area contributed by atoms with Gasteiger partial charge in [0.2, 0.25) is 0 Å². The quantitative estimate of drug-likeness (QED) is 0.333. The first-order chi connectivity index (χ1) is 16.7. The van der Waals surface area contributed by atoms with Crippen molar-refractivity contribution in [3.05, 3.63) is 89.5 Å². The van der Waals surface area contributed by atoms with Crippen LogP contribution in [0.15, 0.2) is 72.8 Å². The lowest BCUT2D eigenvalue weighted by Crippen LogP contribution is -2.25. The highest BCUT2D eigenvalue weighted by atomic mass is 16.5. The third kappa shape index (κ3) is 6.50. The van der Waals surface area contributed by atoms with Crippen molar-refractivity contribution in [1.82, 2.24) is 0 Å². The molecule has 0 spiro atoms. The average molecular weight is 480 g/mol. The number of rotatable bonds is 12. The summed E-state index contributed by atoms with van der Waals surface area (Å²) in [5.74, 6) is -1.99. The number of hydrogen-bond acceptors (Lipinski definition) is 6. The molecule has 0 aliphatic heterocycles. The molecule has 3 rings (SSSR count). The number of carboxylic acid groups (broad SMARTS) is 3. The molecule has 0 bridgehead atoms. The Kier molecular flexibility index (Phi) is 7.93. The van der Waals surface area contributed by atoms with E-state index in [9.17, 15) is 14.4 Å². The van der Waals surface area contributed by atoms with Gasteiger partial charge >= 0.3 is 17.9 Å². The SMILES string of the molecule is CC(c1ccc(OCC(=O)O)cc1)(c1ccc(OCC(=O)O)cc1)c1ccc(OCC(=O)O)cc1. The highest BCUT2D eigenvalue weighted by molar-refractivity contribution is 5.69. The number of aliphatic carboxylic acids is 3. The monoisotopic (exact) mass is 480 g/mol. The summed E-state index contributed by atoms with van der Waals surface area (Å²) in [6, 6.07) is 21.1. The Morgan fingerprint density at radius 1 is 0.543 bits per heavy atom. The van der Waals surface area contributed by atoms with Crippen LogP contribution in [0.5, 0.6) is 17.2 Å². The first-order valence-electron chi connectivity index (χ1n) is 10.5. The molecule has 0 atom stereocenters. The summed E-state index contributed by atoms with van der Waals surface area (Å²) in [5, 5.41) is 26.5. The van der Waals surface area contributed by atoms with Crippen molar-refractivity contribution in [2.45, 2.75) is 12.3 Å². The molecule has 0 amide bonds. The minimum atomic E-state index is -1.07. The van der Waals surface area contributed by atoms with E-state index in [-0.39, 0.29) is 0 Å². The summed E-state index contributed by atoms with van der Waals surface area (Å²) in [6.07, 6.45) is 0. The Hall–Kier alpha value is -4.53. The Balaban J connectivity index is 1.97. The topological polar surface area (TPSA) is 140 Å². The molecule has 0 aromatic heterocycles. The fourth-order valence-corrected chi connectivity index (χ4v) is 3.59. The summed E-state index contributed by atoms with van der Waals surface area (Å²) in [6.45, 7) is 0.644. The zero-order valence-corrected chi connectivity index (χ0v) is 18.8. The molecule has 0 saturated heterocycles. The molecule has 0 unspecified atom stereocenters. The highest BCUT2D eigenvalue weighted by Crippen LogP contribution is 2.40. The fourth-order valence-electron chi connectivity index (χ4n) is 3.59. The van der Waals surface area contributed by atoms with E-state index in [1.165, 1.54) is 0 Å². The smallest absolute Gasteiger partial charge is 0.341 e. The van der Waals surface area contributed by atoms with Gasteiger partial charge in [-0.15, -0.1) is 0 Å². The van der Waals surface area contributed by atoms with Crippen LogP contribution in [-0.4, -0.2) is 53.0 Å². The summed E-state index contributed by atoms with van der Waals surface area (Å²) < 4.78 is 15.7. The zero-order valence-electron chi connectivity index (χ0n) is 18.8. The van der Waals surface area contributed by atoms with Crippen molar-refractivity contribution in [2.24, 2.45) is 0 Å². The van der Waals surface area contributed by atoms with E-state index in [1.54, 1.807) is 36.4 Å². The van der Waals surface area contributed by atoms with E-state index in [4.69, 9.17) is 29.5 Å². The first-order valence-corrected chi connectivity index (χ1v) is 10.5. The van der Waals surface area contributed by atoms with E-state index < -0.39 is 43.1 Å². The molecule has 3 aromatic rings. The van der Waals surface area contributed by atoms with Crippen LogP contribution in [-0.2, 0) is 19.8 Å². The van der Waals surface area contributed by atoms with Gasteiger partial charge in [-0.3, -0.25) is 0 Å². The molecule has 9 heteroatoms. The predicted molar refractivity (Wildman–Crippen MR) is 124 cm³/mol. The van der Waals surface area contributed by atoms with Crippen molar-refractivity contribution in [3.63, 3.8) is 0 Å². The van der Waals surface area contributed by atoms with Crippen LogP contribution in [0, 0.1) is 0 Å². The van der Waals surface area contributed by atoms with Gasteiger partial charge in [-0.25, -0.2) is 14.4 Å². The first kappa shape index (κ1) is 25.1. The van der Waals surface area contributed by atoms with Crippen LogP contribution in [0.3, 0.4) is 0 Å². The number of carbonyl (C=O) groups is 3. The molecule has 0 radical (unpaired) electrons. The molecule has 0 fully saturated rings. The second kappa shape index (κ2) is 11.1. The molecule has 35 heavy (non-hydrogen) atoms. The number of ether oxygens (including phenoxy) is 3. The minimum Gasteiger partial charge on any atom is -0.482 e. The lowest BCUT2D eigenvalue weighted by Gasteiger charge is -2.32. The van der Waals surface area contributed by atoms with Crippen molar-refractivity contribution in [2.75, 3.05) is 19.8 Å². The van der Waals surface area contributed by atoms with Gasteiger partial charge in [-0.05, 0) is 60.0 Å². The van der Waals surface area contributed by atoms with Crippen molar-refractivity contribution in [1.29, 1.82) is 0 Å². The molecule has 0 saturated carbocycles.